The molecule has 21 heteroatoms. The van der Waals surface area contributed by atoms with E-state index in [0.717, 1.165) is 107 Å². The van der Waals surface area contributed by atoms with E-state index in [1.165, 1.54) is 18.7 Å². The molecule has 0 aliphatic carbocycles. The molecule has 5 aromatic carbocycles. The number of ether oxygens (including phenoxy) is 6. The fourth-order valence-corrected chi connectivity index (χ4v) is 8.84. The highest BCUT2D eigenvalue weighted by Gasteiger charge is 2.18. The van der Waals surface area contributed by atoms with Crippen molar-refractivity contribution in [3.8, 4) is 34.5 Å². The van der Waals surface area contributed by atoms with Crippen molar-refractivity contribution in [3.63, 3.8) is 0 Å². The van der Waals surface area contributed by atoms with Gasteiger partial charge < -0.3 is 49.7 Å². The third-order valence-corrected chi connectivity index (χ3v) is 13.2. The fraction of sp³-hybridized carbons (Fsp3) is 0.250. The van der Waals surface area contributed by atoms with E-state index in [1.54, 1.807) is 30.5 Å². The quantitative estimate of drug-likeness (QED) is 0.0367. The summed E-state index contributed by atoms with van der Waals surface area (Å²) < 4.78 is 34.8. The Morgan fingerprint density at radius 2 is 1.17 bits per heavy atom. The van der Waals surface area contributed by atoms with Gasteiger partial charge in [-0.1, -0.05) is 54.6 Å². The van der Waals surface area contributed by atoms with Crippen LogP contribution in [-0.4, -0.2) is 125 Å². The first-order chi connectivity index (χ1) is 39.5. The molecule has 5 heterocycles. The summed E-state index contributed by atoms with van der Waals surface area (Å²) in [5.41, 5.74) is 4.67. The molecule has 4 N–H and O–H groups in total. The van der Waals surface area contributed by atoms with Gasteiger partial charge in [0.2, 0.25) is 5.91 Å². The molecule has 0 bridgehead atoms. The molecule has 2 aliphatic rings. The van der Waals surface area contributed by atoms with Crippen LogP contribution in [0.25, 0.3) is 21.8 Å². The molecular formula is C60H61Cl2N11O8. The van der Waals surface area contributed by atoms with Crippen LogP contribution in [0.3, 0.4) is 0 Å². The minimum absolute atomic E-state index is 0.144. The van der Waals surface area contributed by atoms with E-state index in [2.05, 4.69) is 69.1 Å². The number of aromatic nitrogens is 5. The van der Waals surface area contributed by atoms with Crippen LogP contribution in [0.2, 0.25) is 5.02 Å². The van der Waals surface area contributed by atoms with Gasteiger partial charge in [-0.2, -0.15) is 0 Å². The van der Waals surface area contributed by atoms with Crippen molar-refractivity contribution < 1.29 is 38.0 Å². The lowest BCUT2D eigenvalue weighted by Crippen LogP contribution is -2.37. The van der Waals surface area contributed by atoms with Crippen LogP contribution in [0, 0.1) is 6.92 Å². The summed E-state index contributed by atoms with van der Waals surface area (Å²) in [7, 11) is 0. The number of para-hydroxylation sites is 1. The Morgan fingerprint density at radius 3 is 1.72 bits per heavy atom. The van der Waals surface area contributed by atoms with Crippen molar-refractivity contribution >= 4 is 91.2 Å². The highest BCUT2D eigenvalue weighted by molar-refractivity contribution is 6.43. The largest absolute Gasteiger partial charge is 0.491 e. The normalized spacial score (nSPS) is 13.5. The number of nitrogens with zero attached hydrogens (tertiary/aromatic N) is 7. The first-order valence-corrected chi connectivity index (χ1v) is 27.1. The zero-order valence-corrected chi connectivity index (χ0v) is 46.2. The third kappa shape index (κ3) is 16.6. The molecule has 81 heavy (non-hydrogen) atoms. The van der Waals surface area contributed by atoms with E-state index in [1.807, 2.05) is 91.9 Å². The van der Waals surface area contributed by atoms with Crippen molar-refractivity contribution in [1.29, 1.82) is 0 Å². The number of halogens is 2. The number of fused-ring (bicyclic) bond motifs is 2. The molecule has 0 radical (unpaired) electrons. The molecule has 0 atom stereocenters. The number of morpholine rings is 2. The number of benzene rings is 5. The third-order valence-electron chi connectivity index (χ3n) is 12.8. The second-order valence-corrected chi connectivity index (χ2v) is 19.5. The van der Waals surface area contributed by atoms with E-state index < -0.39 is 5.91 Å². The van der Waals surface area contributed by atoms with Crippen molar-refractivity contribution in [2.45, 2.75) is 19.8 Å². The Morgan fingerprint density at radius 1 is 0.630 bits per heavy atom. The lowest BCUT2D eigenvalue weighted by atomic mass is 10.1. The van der Waals surface area contributed by atoms with E-state index in [4.69, 9.17) is 51.6 Å². The molecule has 2 aliphatic heterocycles. The minimum Gasteiger partial charge on any atom is -0.491 e. The van der Waals surface area contributed by atoms with E-state index in [-0.39, 0.29) is 10.9 Å². The summed E-state index contributed by atoms with van der Waals surface area (Å²) in [6.07, 6.45) is 7.49. The lowest BCUT2D eigenvalue weighted by Gasteiger charge is -2.26. The number of hydrogen-bond acceptors (Lipinski definition) is 17. The summed E-state index contributed by atoms with van der Waals surface area (Å²) in [6.45, 7) is 18.5. The SMILES string of the molecule is C=C(Cl)C(=O)Nc1cc2c(Nc3ccc(Oc4ccc(C)nc4)c(Cl)c3)ncnc2cc1OCCCN1CCOCC1.C=CC(=O)Nc1cc2c(Nc3ccc(Oc4ccccc4)cc3)ncnc2cc1OCCCN1CCOCC1. The monoisotopic (exact) mass is 1130 g/mol. The van der Waals surface area contributed by atoms with Crippen LogP contribution in [-0.2, 0) is 19.1 Å². The number of pyridine rings is 1. The predicted octanol–water partition coefficient (Wildman–Crippen LogP) is 11.7. The number of hydrogen-bond donors (Lipinski definition) is 4. The van der Waals surface area contributed by atoms with Crippen molar-refractivity contribution in [1.82, 2.24) is 34.7 Å². The summed E-state index contributed by atoms with van der Waals surface area (Å²) in [6, 6.07) is 33.4. The highest BCUT2D eigenvalue weighted by Crippen LogP contribution is 2.37. The zero-order valence-electron chi connectivity index (χ0n) is 44.7. The molecule has 2 fully saturated rings. The molecule has 0 saturated carbocycles. The highest BCUT2D eigenvalue weighted by atomic mass is 35.5. The fourth-order valence-electron chi connectivity index (χ4n) is 8.57. The topological polar surface area (TPSA) is 209 Å². The van der Waals surface area contributed by atoms with Crippen molar-refractivity contribution in [3.05, 3.63) is 163 Å². The molecule has 19 nitrogen and oxygen atoms in total. The number of aryl methyl sites for hydroxylation is 1. The first-order valence-electron chi connectivity index (χ1n) is 26.3. The van der Waals surface area contributed by atoms with Gasteiger partial charge in [0.15, 0.2) is 0 Å². The average Bonchev–Trinajstić information content (AvgIpc) is 3.56. The van der Waals surface area contributed by atoms with Crippen LogP contribution in [0.15, 0.2) is 152 Å². The summed E-state index contributed by atoms with van der Waals surface area (Å²) >= 11 is 12.4. The van der Waals surface area contributed by atoms with Gasteiger partial charge in [-0.25, -0.2) is 19.9 Å². The minimum atomic E-state index is -0.535. The molecule has 10 rings (SSSR count). The molecule has 0 unspecified atom stereocenters. The van der Waals surface area contributed by atoms with Gasteiger partial charge in [-0.05, 0) is 105 Å². The Balaban J connectivity index is 0.000000196. The van der Waals surface area contributed by atoms with Crippen molar-refractivity contribution in [2.75, 3.05) is 100 Å². The van der Waals surface area contributed by atoms with Crippen molar-refractivity contribution in [2.24, 2.45) is 0 Å². The molecule has 8 aromatic rings. The van der Waals surface area contributed by atoms with Gasteiger partial charge in [0.25, 0.3) is 5.91 Å². The van der Waals surface area contributed by atoms with Gasteiger partial charge in [0.05, 0.1) is 78.3 Å². The van der Waals surface area contributed by atoms with Gasteiger partial charge in [0, 0.05) is 79.2 Å². The van der Waals surface area contributed by atoms with Gasteiger partial charge in [-0.3, -0.25) is 24.4 Å². The van der Waals surface area contributed by atoms with Gasteiger partial charge in [-0.15, -0.1) is 0 Å². The van der Waals surface area contributed by atoms with Crippen LogP contribution >= 0.6 is 23.2 Å². The Kier molecular flexibility index (Phi) is 20.2. The number of nitrogens with one attached hydrogen (secondary N) is 4. The lowest BCUT2D eigenvalue weighted by molar-refractivity contribution is -0.112. The van der Waals surface area contributed by atoms with Crippen LogP contribution in [0.1, 0.15) is 18.5 Å². The Labute approximate surface area is 479 Å². The number of amides is 2. The molecular weight excluding hydrogens is 1070 g/mol. The first kappa shape index (κ1) is 57.3. The number of carbonyl (C=O) groups excluding carboxylic acids is 2. The molecule has 2 amide bonds. The standard InChI is InChI=1S/C30H30Cl2N6O4.C30H31N5O4/c1-19-4-6-22(17-33-19)42-27-7-5-21(14-24(27)32)36-29-23-15-26(37-30(39)20(2)31)28(16-25(23)34-18-35-29)41-11-3-8-38-9-12-40-13-10-38;1-2-29(36)34-27-19-25-26(20-28(27)38-16-6-13-35-14-17-37-18-15-35)31-21-32-30(25)33-22-9-11-24(12-10-22)39-23-7-4-3-5-8-23/h4-7,14-18H,2-3,8-13H2,1H3,(H,37,39)(H,34,35,36);2-5,7-12,19-21H,1,6,13-18H2,(H,34,36)(H,31,32,33). The summed E-state index contributed by atoms with van der Waals surface area (Å²) in [5, 5.41) is 13.9. The molecule has 418 valence electrons. The maximum absolute atomic E-state index is 12.4. The van der Waals surface area contributed by atoms with Crippen LogP contribution < -0.4 is 40.2 Å². The second kappa shape index (κ2) is 28.6. The molecule has 2 saturated heterocycles. The summed E-state index contributed by atoms with van der Waals surface area (Å²) in [5.74, 6) is 3.83. The van der Waals surface area contributed by atoms with E-state index in [0.29, 0.717) is 86.4 Å². The Hall–Kier alpha value is -8.43. The smallest absolute Gasteiger partial charge is 0.266 e. The zero-order chi connectivity index (χ0) is 56.3. The molecule has 3 aromatic heterocycles. The second-order valence-electron chi connectivity index (χ2n) is 18.6. The van der Waals surface area contributed by atoms with Crippen LogP contribution in [0.5, 0.6) is 34.5 Å². The summed E-state index contributed by atoms with van der Waals surface area (Å²) in [4.78, 5) is 51.3. The number of anilines is 6. The molecule has 0 spiro atoms. The Bertz CT molecular complexity index is 3440. The van der Waals surface area contributed by atoms with E-state index in [9.17, 15) is 9.59 Å². The average molecular weight is 1140 g/mol. The van der Waals surface area contributed by atoms with Crippen LogP contribution in [0.4, 0.5) is 34.4 Å². The predicted molar refractivity (Wildman–Crippen MR) is 316 cm³/mol. The maximum Gasteiger partial charge on any atom is 0.266 e. The number of rotatable bonds is 22. The van der Waals surface area contributed by atoms with Gasteiger partial charge in [0.1, 0.15) is 58.8 Å². The van der Waals surface area contributed by atoms with E-state index >= 15 is 0 Å². The number of carbonyl (C=O) groups is 2. The maximum atomic E-state index is 12.4. The van der Waals surface area contributed by atoms with Gasteiger partial charge >= 0.3 is 0 Å².